The summed E-state index contributed by atoms with van der Waals surface area (Å²) in [6, 6.07) is 8.15. The number of hydrogen-bond acceptors (Lipinski definition) is 4. The van der Waals surface area contributed by atoms with Gasteiger partial charge in [0.2, 0.25) is 0 Å². The Labute approximate surface area is 115 Å². The maximum atomic E-state index is 6.28. The molecule has 19 heavy (non-hydrogen) atoms. The van der Waals surface area contributed by atoms with Crippen LogP contribution in [0.4, 0.5) is 0 Å². The van der Waals surface area contributed by atoms with Gasteiger partial charge in [-0.25, -0.2) is 0 Å². The lowest BCUT2D eigenvalue weighted by atomic mass is 10.1. The van der Waals surface area contributed by atoms with E-state index in [1.807, 2.05) is 19.1 Å². The van der Waals surface area contributed by atoms with Gasteiger partial charge in [0.1, 0.15) is 5.75 Å². The van der Waals surface area contributed by atoms with Crippen molar-refractivity contribution in [3.8, 4) is 5.75 Å². The topological polar surface area (TPSA) is 47.7 Å². The van der Waals surface area contributed by atoms with Crippen molar-refractivity contribution in [3.63, 3.8) is 0 Å². The highest BCUT2D eigenvalue weighted by molar-refractivity contribution is 5.29. The van der Waals surface area contributed by atoms with Crippen molar-refractivity contribution in [1.29, 1.82) is 0 Å². The van der Waals surface area contributed by atoms with E-state index in [1.165, 1.54) is 0 Å². The van der Waals surface area contributed by atoms with E-state index in [-0.39, 0.29) is 6.04 Å². The quantitative estimate of drug-likeness (QED) is 0.881. The molecule has 1 saturated heterocycles. The molecular formula is C15H24N2O2. The van der Waals surface area contributed by atoms with E-state index in [4.69, 9.17) is 15.2 Å². The first-order valence-electron chi connectivity index (χ1n) is 7.08. The number of hydrogen-bond donors (Lipinski definition) is 1. The Morgan fingerprint density at radius 2 is 2.05 bits per heavy atom. The molecule has 1 atom stereocenters. The van der Waals surface area contributed by atoms with Gasteiger partial charge in [-0.3, -0.25) is 4.90 Å². The van der Waals surface area contributed by atoms with Crippen molar-refractivity contribution >= 4 is 0 Å². The Morgan fingerprint density at radius 3 is 2.79 bits per heavy atom. The zero-order valence-electron chi connectivity index (χ0n) is 11.7. The van der Waals surface area contributed by atoms with Gasteiger partial charge in [-0.15, -0.1) is 0 Å². The molecule has 2 rings (SSSR count). The molecule has 4 heteroatoms. The lowest BCUT2D eigenvalue weighted by Crippen LogP contribution is -2.34. The van der Waals surface area contributed by atoms with Crippen LogP contribution in [-0.4, -0.2) is 44.4 Å². The normalized spacial score (nSPS) is 18.8. The number of nitrogens with zero attached hydrogens (tertiary/aromatic N) is 1. The third-order valence-electron chi connectivity index (χ3n) is 3.39. The van der Waals surface area contributed by atoms with Crippen molar-refractivity contribution in [2.24, 2.45) is 5.73 Å². The summed E-state index contributed by atoms with van der Waals surface area (Å²) in [5, 5.41) is 0. The Hall–Kier alpha value is -1.10. The van der Waals surface area contributed by atoms with Crippen molar-refractivity contribution in [1.82, 2.24) is 4.90 Å². The molecule has 1 aromatic rings. The summed E-state index contributed by atoms with van der Waals surface area (Å²) in [6.07, 6.45) is 1.09. The molecule has 0 aliphatic carbocycles. The van der Waals surface area contributed by atoms with E-state index in [1.54, 1.807) is 0 Å². The van der Waals surface area contributed by atoms with Gasteiger partial charge in [-0.1, -0.05) is 12.1 Å². The summed E-state index contributed by atoms with van der Waals surface area (Å²) in [5.74, 6) is 0.904. The number of ether oxygens (including phenoxy) is 2. The van der Waals surface area contributed by atoms with E-state index < -0.39 is 0 Å². The molecule has 1 unspecified atom stereocenters. The molecule has 4 nitrogen and oxygen atoms in total. The third-order valence-corrected chi connectivity index (χ3v) is 3.39. The van der Waals surface area contributed by atoms with E-state index in [0.29, 0.717) is 6.61 Å². The van der Waals surface area contributed by atoms with Gasteiger partial charge >= 0.3 is 0 Å². The first-order valence-corrected chi connectivity index (χ1v) is 7.08. The fourth-order valence-electron chi connectivity index (χ4n) is 2.34. The molecule has 0 bridgehead atoms. The lowest BCUT2D eigenvalue weighted by molar-refractivity contribution is 0.140. The number of nitrogens with two attached hydrogens (primary N) is 1. The minimum Gasteiger partial charge on any atom is -0.494 e. The van der Waals surface area contributed by atoms with Crippen LogP contribution in [0.2, 0.25) is 0 Å². The van der Waals surface area contributed by atoms with Crippen LogP contribution in [0.25, 0.3) is 0 Å². The highest BCUT2D eigenvalue weighted by Gasteiger charge is 2.14. The van der Waals surface area contributed by atoms with E-state index >= 15 is 0 Å². The van der Waals surface area contributed by atoms with Crippen LogP contribution >= 0.6 is 0 Å². The first kappa shape index (κ1) is 14.3. The van der Waals surface area contributed by atoms with E-state index in [0.717, 1.165) is 50.6 Å². The summed E-state index contributed by atoms with van der Waals surface area (Å²) in [7, 11) is 0. The highest BCUT2D eigenvalue weighted by Crippen LogP contribution is 2.17. The van der Waals surface area contributed by atoms with Crippen LogP contribution < -0.4 is 10.5 Å². The maximum Gasteiger partial charge on any atom is 0.119 e. The molecule has 0 saturated carbocycles. The molecule has 1 aromatic carbocycles. The molecule has 1 aliphatic rings. The third kappa shape index (κ3) is 4.49. The van der Waals surface area contributed by atoms with Gasteiger partial charge < -0.3 is 15.2 Å². The highest BCUT2D eigenvalue weighted by atomic mass is 16.5. The second-order valence-electron chi connectivity index (χ2n) is 4.88. The van der Waals surface area contributed by atoms with Crippen molar-refractivity contribution < 1.29 is 9.47 Å². The lowest BCUT2D eigenvalue weighted by Gasteiger charge is -2.23. The summed E-state index contributed by atoms with van der Waals surface area (Å²) >= 11 is 0. The SMILES string of the molecule is CCOc1ccc(C(N)CN2CCCOCC2)cc1. The molecule has 2 N–H and O–H groups in total. The minimum atomic E-state index is 0.0498. The van der Waals surface area contributed by atoms with Crippen LogP contribution in [0.15, 0.2) is 24.3 Å². The summed E-state index contributed by atoms with van der Waals surface area (Å²) < 4.78 is 10.9. The average molecular weight is 264 g/mol. The fourth-order valence-corrected chi connectivity index (χ4v) is 2.34. The molecule has 1 fully saturated rings. The summed E-state index contributed by atoms with van der Waals surface area (Å²) in [4.78, 5) is 2.38. The second kappa shape index (κ2) is 7.48. The van der Waals surface area contributed by atoms with Gasteiger partial charge in [0.05, 0.1) is 13.2 Å². The second-order valence-corrected chi connectivity index (χ2v) is 4.88. The van der Waals surface area contributed by atoms with Crippen LogP contribution in [0, 0.1) is 0 Å². The average Bonchev–Trinajstić information content (AvgIpc) is 2.68. The number of rotatable bonds is 5. The molecule has 106 valence electrons. The minimum absolute atomic E-state index is 0.0498. The van der Waals surface area contributed by atoms with Gasteiger partial charge in [-0.2, -0.15) is 0 Å². The Balaban J connectivity index is 1.89. The fraction of sp³-hybridized carbons (Fsp3) is 0.600. The Kier molecular flexibility index (Phi) is 5.63. The van der Waals surface area contributed by atoms with Gasteiger partial charge in [0.15, 0.2) is 0 Å². The predicted molar refractivity (Wildman–Crippen MR) is 76.4 cm³/mol. The first-order chi connectivity index (χ1) is 9.29. The molecule has 1 aliphatic heterocycles. The van der Waals surface area contributed by atoms with E-state index in [2.05, 4.69) is 17.0 Å². The molecule has 0 radical (unpaired) electrons. The molecule has 0 amide bonds. The number of benzene rings is 1. The molecule has 0 spiro atoms. The van der Waals surface area contributed by atoms with Crippen molar-refractivity contribution in [2.45, 2.75) is 19.4 Å². The summed E-state index contributed by atoms with van der Waals surface area (Å²) in [6.45, 7) is 7.30. The molecule has 0 aromatic heterocycles. The van der Waals surface area contributed by atoms with Crippen molar-refractivity contribution in [2.75, 3.05) is 39.5 Å². The van der Waals surface area contributed by atoms with Crippen LogP contribution in [0.1, 0.15) is 24.9 Å². The van der Waals surface area contributed by atoms with Gasteiger partial charge in [0, 0.05) is 32.3 Å². The van der Waals surface area contributed by atoms with Gasteiger partial charge in [0.25, 0.3) is 0 Å². The standard InChI is InChI=1S/C15H24N2O2/c1-2-19-14-6-4-13(5-7-14)15(16)12-17-8-3-10-18-11-9-17/h4-7,15H,2-3,8-12,16H2,1H3. The monoisotopic (exact) mass is 264 g/mol. The van der Waals surface area contributed by atoms with Gasteiger partial charge in [-0.05, 0) is 31.0 Å². The summed E-state index contributed by atoms with van der Waals surface area (Å²) in [5.41, 5.74) is 7.44. The van der Waals surface area contributed by atoms with Crippen LogP contribution in [-0.2, 0) is 4.74 Å². The van der Waals surface area contributed by atoms with Crippen LogP contribution in [0.3, 0.4) is 0 Å². The molecule has 1 heterocycles. The van der Waals surface area contributed by atoms with Crippen molar-refractivity contribution in [3.05, 3.63) is 29.8 Å². The zero-order chi connectivity index (χ0) is 13.5. The Morgan fingerprint density at radius 1 is 1.26 bits per heavy atom. The Bertz CT molecular complexity index is 359. The van der Waals surface area contributed by atoms with Crippen LogP contribution in [0.5, 0.6) is 5.75 Å². The smallest absolute Gasteiger partial charge is 0.119 e. The van der Waals surface area contributed by atoms with E-state index in [9.17, 15) is 0 Å². The maximum absolute atomic E-state index is 6.28. The zero-order valence-corrected chi connectivity index (χ0v) is 11.7. The predicted octanol–water partition coefficient (Wildman–Crippen LogP) is 1.81. The largest absolute Gasteiger partial charge is 0.494 e. The molecular weight excluding hydrogens is 240 g/mol.